The first-order valence-electron chi connectivity index (χ1n) is 7.31. The van der Waals surface area contributed by atoms with E-state index in [2.05, 4.69) is 21.3 Å². The average molecular weight is 272 g/mol. The van der Waals surface area contributed by atoms with Crippen LogP contribution in [-0.2, 0) is 4.74 Å². The number of fused-ring (bicyclic) bond motifs is 1. The van der Waals surface area contributed by atoms with E-state index >= 15 is 0 Å². The molecule has 0 saturated carbocycles. The lowest BCUT2D eigenvalue weighted by molar-refractivity contribution is -0.0689. The quantitative estimate of drug-likeness (QED) is 0.906. The van der Waals surface area contributed by atoms with Crippen molar-refractivity contribution in [2.75, 3.05) is 31.6 Å². The van der Waals surface area contributed by atoms with Gasteiger partial charge >= 0.3 is 0 Å². The molecule has 3 rings (SSSR count). The average Bonchev–Trinajstić information content (AvgIpc) is 2.53. The molecule has 0 amide bonds. The molecule has 3 heterocycles. The van der Waals surface area contributed by atoms with Crippen molar-refractivity contribution in [3.63, 3.8) is 0 Å². The molecule has 0 aromatic carbocycles. The third-order valence-electron chi connectivity index (χ3n) is 4.14. The summed E-state index contributed by atoms with van der Waals surface area (Å²) in [5, 5.41) is 12.3. The Bertz CT molecular complexity index is 499. The van der Waals surface area contributed by atoms with Gasteiger partial charge in [-0.15, -0.1) is 0 Å². The number of nitrogens with one attached hydrogen (secondary N) is 1. The number of hydrogen-bond donors (Lipinski definition) is 1. The molecule has 2 fully saturated rings. The van der Waals surface area contributed by atoms with E-state index in [1.165, 1.54) is 25.8 Å². The van der Waals surface area contributed by atoms with Crippen molar-refractivity contribution in [1.29, 1.82) is 5.26 Å². The molecule has 106 valence electrons. The zero-order valence-corrected chi connectivity index (χ0v) is 11.6. The van der Waals surface area contributed by atoms with Crippen LogP contribution >= 0.6 is 0 Å². The van der Waals surface area contributed by atoms with E-state index in [-0.39, 0.29) is 6.10 Å². The van der Waals surface area contributed by atoms with Crippen LogP contribution in [-0.4, -0.2) is 48.3 Å². The number of nitriles is 1. The highest BCUT2D eigenvalue weighted by Crippen LogP contribution is 2.22. The van der Waals surface area contributed by atoms with Gasteiger partial charge in [-0.25, -0.2) is 4.98 Å². The molecule has 5 heteroatoms. The predicted molar refractivity (Wildman–Crippen MR) is 76.4 cm³/mol. The molecule has 0 aliphatic carbocycles. The maximum absolute atomic E-state index is 9.04. The molecule has 20 heavy (non-hydrogen) atoms. The zero-order valence-electron chi connectivity index (χ0n) is 11.6. The van der Waals surface area contributed by atoms with Crippen molar-refractivity contribution in [2.24, 2.45) is 0 Å². The van der Waals surface area contributed by atoms with E-state index in [1.54, 1.807) is 18.3 Å². The largest absolute Gasteiger partial charge is 0.373 e. The number of aromatic nitrogens is 1. The van der Waals surface area contributed by atoms with Gasteiger partial charge in [-0.1, -0.05) is 6.42 Å². The number of anilines is 1. The van der Waals surface area contributed by atoms with Crippen LogP contribution in [0.4, 0.5) is 5.82 Å². The molecule has 0 radical (unpaired) electrons. The van der Waals surface area contributed by atoms with Gasteiger partial charge in [0.15, 0.2) is 0 Å². The SMILES string of the molecule is N#Cc1cccnc1NC[C@@H]1CN2CCCC[C@H]2CO1. The zero-order chi connectivity index (χ0) is 13.8. The summed E-state index contributed by atoms with van der Waals surface area (Å²) in [5.74, 6) is 0.652. The summed E-state index contributed by atoms with van der Waals surface area (Å²) in [4.78, 5) is 6.76. The fraction of sp³-hybridized carbons (Fsp3) is 0.600. The van der Waals surface area contributed by atoms with E-state index in [1.807, 2.05) is 0 Å². The molecular formula is C15H20N4O. The monoisotopic (exact) mass is 272 g/mol. The molecule has 2 aliphatic heterocycles. The Labute approximate surface area is 119 Å². The van der Waals surface area contributed by atoms with Gasteiger partial charge in [0, 0.05) is 25.3 Å². The van der Waals surface area contributed by atoms with Crippen molar-refractivity contribution >= 4 is 5.82 Å². The van der Waals surface area contributed by atoms with Gasteiger partial charge in [0.2, 0.25) is 0 Å². The summed E-state index contributed by atoms with van der Waals surface area (Å²) in [6.45, 7) is 3.71. The normalized spacial score (nSPS) is 26.6. The fourth-order valence-corrected chi connectivity index (χ4v) is 3.02. The van der Waals surface area contributed by atoms with Crippen molar-refractivity contribution in [3.8, 4) is 6.07 Å². The Kier molecular flexibility index (Phi) is 4.14. The Hall–Kier alpha value is -1.64. The smallest absolute Gasteiger partial charge is 0.143 e. The van der Waals surface area contributed by atoms with Crippen molar-refractivity contribution in [2.45, 2.75) is 31.4 Å². The summed E-state index contributed by atoms with van der Waals surface area (Å²) in [5.41, 5.74) is 0.583. The lowest BCUT2D eigenvalue weighted by Gasteiger charge is -2.42. The molecule has 2 saturated heterocycles. The third-order valence-corrected chi connectivity index (χ3v) is 4.14. The summed E-state index contributed by atoms with van der Waals surface area (Å²) >= 11 is 0. The van der Waals surface area contributed by atoms with Gasteiger partial charge in [0.05, 0.1) is 18.3 Å². The van der Waals surface area contributed by atoms with Crippen LogP contribution in [0.1, 0.15) is 24.8 Å². The second-order valence-electron chi connectivity index (χ2n) is 5.49. The van der Waals surface area contributed by atoms with Crippen LogP contribution in [0.15, 0.2) is 18.3 Å². The van der Waals surface area contributed by atoms with E-state index < -0.39 is 0 Å². The lowest BCUT2D eigenvalue weighted by Crippen LogP contribution is -2.53. The van der Waals surface area contributed by atoms with Crippen LogP contribution in [0.25, 0.3) is 0 Å². The first-order chi connectivity index (χ1) is 9.86. The van der Waals surface area contributed by atoms with Gasteiger partial charge in [0.25, 0.3) is 0 Å². The number of ether oxygens (including phenoxy) is 1. The van der Waals surface area contributed by atoms with E-state index in [9.17, 15) is 0 Å². The summed E-state index contributed by atoms with van der Waals surface area (Å²) in [6.07, 6.45) is 5.77. The van der Waals surface area contributed by atoms with Crippen LogP contribution in [0.3, 0.4) is 0 Å². The first kappa shape index (κ1) is 13.3. The van der Waals surface area contributed by atoms with Gasteiger partial charge in [-0.05, 0) is 31.5 Å². The molecule has 2 atom stereocenters. The van der Waals surface area contributed by atoms with Crippen molar-refractivity contribution < 1.29 is 4.74 Å². The summed E-state index contributed by atoms with van der Waals surface area (Å²) < 4.78 is 5.93. The minimum absolute atomic E-state index is 0.179. The number of hydrogen-bond acceptors (Lipinski definition) is 5. The minimum Gasteiger partial charge on any atom is -0.373 e. The molecule has 5 nitrogen and oxygen atoms in total. The van der Waals surface area contributed by atoms with Gasteiger partial charge in [-0.3, -0.25) is 4.90 Å². The van der Waals surface area contributed by atoms with E-state index in [4.69, 9.17) is 10.00 Å². The fourth-order valence-electron chi connectivity index (χ4n) is 3.02. The first-order valence-corrected chi connectivity index (χ1v) is 7.31. The lowest BCUT2D eigenvalue weighted by atomic mass is 10.0. The molecule has 0 unspecified atom stereocenters. The Balaban J connectivity index is 1.55. The number of nitrogens with zero attached hydrogens (tertiary/aromatic N) is 3. The van der Waals surface area contributed by atoms with Crippen molar-refractivity contribution in [1.82, 2.24) is 9.88 Å². The van der Waals surface area contributed by atoms with Gasteiger partial charge in [-0.2, -0.15) is 5.26 Å². The molecule has 0 bridgehead atoms. The van der Waals surface area contributed by atoms with Gasteiger partial charge < -0.3 is 10.1 Å². The minimum atomic E-state index is 0.179. The maximum Gasteiger partial charge on any atom is 0.143 e. The van der Waals surface area contributed by atoms with Crippen molar-refractivity contribution in [3.05, 3.63) is 23.9 Å². The second-order valence-corrected chi connectivity index (χ2v) is 5.49. The van der Waals surface area contributed by atoms with E-state index in [0.29, 0.717) is 24.0 Å². The topological polar surface area (TPSA) is 61.2 Å². The standard InChI is InChI=1S/C15H20N4O/c16-8-12-4-3-6-17-15(12)18-9-14-10-19-7-2-1-5-13(19)11-20-14/h3-4,6,13-14H,1-2,5,7,9-11H2,(H,17,18)/t13-,14+/m0/s1. The predicted octanol–water partition coefficient (Wildman–Crippen LogP) is 1.62. The second kappa shape index (κ2) is 6.21. The summed E-state index contributed by atoms with van der Waals surface area (Å²) in [6, 6.07) is 6.32. The highest BCUT2D eigenvalue weighted by molar-refractivity contribution is 5.51. The van der Waals surface area contributed by atoms with Crippen LogP contribution < -0.4 is 5.32 Å². The number of rotatable bonds is 3. The number of morpholine rings is 1. The Morgan fingerprint density at radius 1 is 1.50 bits per heavy atom. The highest BCUT2D eigenvalue weighted by Gasteiger charge is 2.30. The van der Waals surface area contributed by atoms with Crippen LogP contribution in [0.2, 0.25) is 0 Å². The third kappa shape index (κ3) is 2.92. The molecule has 1 N–H and O–H groups in total. The molecule has 2 aliphatic rings. The van der Waals surface area contributed by atoms with Crippen LogP contribution in [0, 0.1) is 11.3 Å². The van der Waals surface area contributed by atoms with Crippen LogP contribution in [0.5, 0.6) is 0 Å². The molecule has 1 aromatic rings. The molecule has 0 spiro atoms. The van der Waals surface area contributed by atoms with E-state index in [0.717, 1.165) is 13.2 Å². The molecular weight excluding hydrogens is 252 g/mol. The molecule has 1 aromatic heterocycles. The van der Waals surface area contributed by atoms with Gasteiger partial charge in [0.1, 0.15) is 11.9 Å². The Morgan fingerprint density at radius 2 is 2.45 bits per heavy atom. The summed E-state index contributed by atoms with van der Waals surface area (Å²) in [7, 11) is 0. The maximum atomic E-state index is 9.04. The number of piperidine rings is 1. The highest BCUT2D eigenvalue weighted by atomic mass is 16.5. The number of pyridine rings is 1. The Morgan fingerprint density at radius 3 is 3.35 bits per heavy atom.